The van der Waals surface area contributed by atoms with Crippen LogP contribution in [0.5, 0.6) is 0 Å². The van der Waals surface area contributed by atoms with E-state index >= 15 is 0 Å². The van der Waals surface area contributed by atoms with Crippen molar-refractivity contribution in [1.82, 2.24) is 9.80 Å². The number of esters is 1. The lowest BCUT2D eigenvalue weighted by molar-refractivity contribution is -0.151. The molecule has 1 aromatic rings. The Morgan fingerprint density at radius 2 is 2.12 bits per heavy atom. The maximum Gasteiger partial charge on any atom is 0.335 e. The van der Waals surface area contributed by atoms with E-state index in [1.807, 2.05) is 18.0 Å². The number of aromatic carboxylic acids is 1. The average Bonchev–Trinajstić information content (AvgIpc) is 2.62. The highest BCUT2D eigenvalue weighted by molar-refractivity contribution is 5.87. The number of rotatable bonds is 7. The minimum absolute atomic E-state index is 0.0316. The van der Waals surface area contributed by atoms with Crippen LogP contribution in [-0.4, -0.2) is 66.0 Å². The molecule has 7 heteroatoms. The summed E-state index contributed by atoms with van der Waals surface area (Å²) in [5.41, 5.74) is 1.07. The number of nitrogens with zero attached hydrogens (tertiary/aromatic N) is 2. The summed E-state index contributed by atoms with van der Waals surface area (Å²) < 4.78 is 5.06. The first-order chi connectivity index (χ1) is 12.4. The molecule has 1 saturated heterocycles. The van der Waals surface area contributed by atoms with Gasteiger partial charge in [-0.2, -0.15) is 0 Å². The Morgan fingerprint density at radius 3 is 2.81 bits per heavy atom. The third kappa shape index (κ3) is 5.56. The summed E-state index contributed by atoms with van der Waals surface area (Å²) in [7, 11) is 1.82. The fraction of sp³-hybridized carbons (Fsp3) is 0.526. The molecule has 26 heavy (non-hydrogen) atoms. The average molecular weight is 362 g/mol. The molecule has 0 radical (unpaired) electrons. The van der Waals surface area contributed by atoms with Crippen LogP contribution in [0.4, 0.5) is 0 Å². The van der Waals surface area contributed by atoms with Crippen LogP contribution >= 0.6 is 0 Å². The van der Waals surface area contributed by atoms with Gasteiger partial charge in [-0.25, -0.2) is 4.79 Å². The Hall–Kier alpha value is -2.41. The Kier molecular flexibility index (Phi) is 7.15. The summed E-state index contributed by atoms with van der Waals surface area (Å²) in [4.78, 5) is 39.0. The van der Waals surface area contributed by atoms with E-state index in [2.05, 4.69) is 0 Å². The molecule has 0 bridgehead atoms. The Labute approximate surface area is 153 Å². The smallest absolute Gasteiger partial charge is 0.335 e. The van der Waals surface area contributed by atoms with Crippen molar-refractivity contribution in [3.8, 4) is 0 Å². The molecule has 0 aromatic heterocycles. The van der Waals surface area contributed by atoms with Crippen molar-refractivity contribution in [2.45, 2.75) is 26.3 Å². The van der Waals surface area contributed by atoms with E-state index in [9.17, 15) is 14.4 Å². The predicted molar refractivity (Wildman–Crippen MR) is 95.7 cm³/mol. The molecule has 1 aromatic carbocycles. The molecule has 1 aliphatic heterocycles. The normalized spacial score (nSPS) is 17.2. The van der Waals surface area contributed by atoms with Gasteiger partial charge in [0.1, 0.15) is 0 Å². The molecule has 0 saturated carbocycles. The number of carbonyl (C=O) groups excluding carboxylic acids is 2. The zero-order valence-corrected chi connectivity index (χ0v) is 15.3. The van der Waals surface area contributed by atoms with Crippen LogP contribution in [0.25, 0.3) is 0 Å². The number of ether oxygens (including phenoxy) is 1. The monoisotopic (exact) mass is 362 g/mol. The van der Waals surface area contributed by atoms with Crippen LogP contribution in [0.1, 0.15) is 35.7 Å². The maximum absolute atomic E-state index is 12.5. The number of hydrogen-bond acceptors (Lipinski definition) is 5. The van der Waals surface area contributed by atoms with Crippen LogP contribution in [0.15, 0.2) is 24.3 Å². The van der Waals surface area contributed by atoms with Gasteiger partial charge in [0.05, 0.1) is 24.6 Å². The van der Waals surface area contributed by atoms with E-state index in [0.29, 0.717) is 26.2 Å². The third-order valence-corrected chi connectivity index (χ3v) is 4.43. The molecule has 0 spiro atoms. The highest BCUT2D eigenvalue weighted by Crippen LogP contribution is 2.18. The quantitative estimate of drug-likeness (QED) is 0.742. The van der Waals surface area contributed by atoms with Gasteiger partial charge in [0, 0.05) is 19.6 Å². The summed E-state index contributed by atoms with van der Waals surface area (Å²) >= 11 is 0. The molecule has 1 atom stereocenters. The second-order valence-corrected chi connectivity index (χ2v) is 6.61. The van der Waals surface area contributed by atoms with Gasteiger partial charge >= 0.3 is 11.9 Å². The first kappa shape index (κ1) is 19.9. The zero-order chi connectivity index (χ0) is 19.1. The van der Waals surface area contributed by atoms with Gasteiger partial charge in [-0.3, -0.25) is 14.5 Å². The van der Waals surface area contributed by atoms with E-state index in [1.165, 1.54) is 0 Å². The lowest BCUT2D eigenvalue weighted by Gasteiger charge is -2.32. The van der Waals surface area contributed by atoms with Crippen molar-refractivity contribution in [1.29, 1.82) is 0 Å². The third-order valence-electron chi connectivity index (χ3n) is 4.43. The Bertz CT molecular complexity index is 661. The number of likely N-dealkylation sites (tertiary alicyclic amines) is 1. The molecule has 0 aliphatic carbocycles. The molecular formula is C19H26N2O5. The van der Waals surface area contributed by atoms with E-state index in [4.69, 9.17) is 9.84 Å². The standard InChI is InChI=1S/C19H26N2O5/c1-3-26-19(25)16-8-5-9-21(12-16)17(22)13-20(2)11-14-6-4-7-15(10-14)18(23)24/h4,6-7,10,16H,3,5,8-9,11-13H2,1-2H3,(H,23,24). The van der Waals surface area contributed by atoms with Crippen molar-refractivity contribution >= 4 is 17.8 Å². The number of carbonyl (C=O) groups is 3. The lowest BCUT2D eigenvalue weighted by Crippen LogP contribution is -2.46. The molecule has 1 N–H and O–H groups in total. The molecule has 142 valence electrons. The first-order valence-corrected chi connectivity index (χ1v) is 8.86. The zero-order valence-electron chi connectivity index (χ0n) is 15.3. The minimum atomic E-state index is -0.969. The topological polar surface area (TPSA) is 87.2 Å². The number of hydrogen-bond donors (Lipinski definition) is 1. The van der Waals surface area contributed by atoms with Gasteiger partial charge in [-0.1, -0.05) is 12.1 Å². The van der Waals surface area contributed by atoms with Crippen molar-refractivity contribution in [2.24, 2.45) is 5.92 Å². The van der Waals surface area contributed by atoms with Crippen LogP contribution in [0.3, 0.4) is 0 Å². The van der Waals surface area contributed by atoms with E-state index < -0.39 is 5.97 Å². The Morgan fingerprint density at radius 1 is 1.35 bits per heavy atom. The Balaban J connectivity index is 1.89. The molecule has 1 aliphatic rings. The van der Waals surface area contributed by atoms with Crippen LogP contribution in [0.2, 0.25) is 0 Å². The van der Waals surface area contributed by atoms with E-state index in [0.717, 1.165) is 18.4 Å². The number of piperidine rings is 1. The molecule has 1 amide bonds. The summed E-state index contributed by atoms with van der Waals surface area (Å²) in [6, 6.07) is 6.69. The summed E-state index contributed by atoms with van der Waals surface area (Å²) in [5.74, 6) is -1.48. The van der Waals surface area contributed by atoms with E-state index in [-0.39, 0.29) is 29.9 Å². The molecule has 2 rings (SSSR count). The van der Waals surface area contributed by atoms with Crippen LogP contribution in [0, 0.1) is 5.92 Å². The van der Waals surface area contributed by atoms with Crippen molar-refractivity contribution in [3.05, 3.63) is 35.4 Å². The first-order valence-electron chi connectivity index (χ1n) is 8.86. The van der Waals surface area contributed by atoms with E-state index in [1.54, 1.807) is 30.0 Å². The number of amides is 1. The summed E-state index contributed by atoms with van der Waals surface area (Å²) in [6.07, 6.45) is 1.54. The SMILES string of the molecule is CCOC(=O)C1CCCN(C(=O)CN(C)Cc2cccc(C(=O)O)c2)C1. The van der Waals surface area contributed by atoms with Gasteiger partial charge in [-0.05, 0) is 44.5 Å². The van der Waals surface area contributed by atoms with Gasteiger partial charge in [-0.15, -0.1) is 0 Å². The largest absolute Gasteiger partial charge is 0.478 e. The maximum atomic E-state index is 12.5. The van der Waals surface area contributed by atoms with Crippen LogP contribution < -0.4 is 0 Å². The fourth-order valence-corrected chi connectivity index (χ4v) is 3.16. The predicted octanol–water partition coefficient (Wildman–Crippen LogP) is 1.62. The van der Waals surface area contributed by atoms with Crippen molar-refractivity contribution < 1.29 is 24.2 Å². The van der Waals surface area contributed by atoms with Crippen molar-refractivity contribution in [2.75, 3.05) is 33.3 Å². The van der Waals surface area contributed by atoms with Gasteiger partial charge < -0.3 is 14.7 Å². The highest BCUT2D eigenvalue weighted by Gasteiger charge is 2.29. The number of carboxylic acids is 1. The molecule has 1 fully saturated rings. The molecular weight excluding hydrogens is 336 g/mol. The number of benzene rings is 1. The molecule has 1 heterocycles. The minimum Gasteiger partial charge on any atom is -0.478 e. The second kappa shape index (κ2) is 9.33. The molecule has 1 unspecified atom stereocenters. The van der Waals surface area contributed by atoms with Crippen molar-refractivity contribution in [3.63, 3.8) is 0 Å². The van der Waals surface area contributed by atoms with Gasteiger partial charge in [0.25, 0.3) is 0 Å². The van der Waals surface area contributed by atoms with Gasteiger partial charge in [0.15, 0.2) is 0 Å². The summed E-state index contributed by atoms with van der Waals surface area (Å²) in [5, 5.41) is 9.05. The second-order valence-electron chi connectivity index (χ2n) is 6.61. The van der Waals surface area contributed by atoms with Crippen LogP contribution in [-0.2, 0) is 20.9 Å². The fourth-order valence-electron chi connectivity index (χ4n) is 3.16. The number of carboxylic acid groups (broad SMARTS) is 1. The highest BCUT2D eigenvalue weighted by atomic mass is 16.5. The molecule has 7 nitrogen and oxygen atoms in total. The number of likely N-dealkylation sites (N-methyl/N-ethyl adjacent to an activating group) is 1. The summed E-state index contributed by atoms with van der Waals surface area (Å²) in [6.45, 7) is 3.87. The van der Waals surface area contributed by atoms with Gasteiger partial charge in [0.2, 0.25) is 5.91 Å². The lowest BCUT2D eigenvalue weighted by atomic mass is 9.98.